The van der Waals surface area contributed by atoms with Crippen LogP contribution in [-0.4, -0.2) is 63.9 Å². The predicted octanol–water partition coefficient (Wildman–Crippen LogP) is 1.20. The molecule has 0 spiro atoms. The molecule has 4 rings (SSSR count). The van der Waals surface area contributed by atoms with Crippen LogP contribution in [0.5, 0.6) is 0 Å². The maximum absolute atomic E-state index is 12.4. The van der Waals surface area contributed by atoms with E-state index in [4.69, 9.17) is 0 Å². The van der Waals surface area contributed by atoms with Gasteiger partial charge in [-0.15, -0.1) is 0 Å². The minimum Gasteiger partial charge on any atom is -0.354 e. The number of hydrogen-bond acceptors (Lipinski definition) is 6. The van der Waals surface area contributed by atoms with Crippen molar-refractivity contribution in [3.63, 3.8) is 0 Å². The molecule has 0 radical (unpaired) electrons. The normalized spacial score (nSPS) is 19.1. The maximum Gasteiger partial charge on any atom is 0.217 e. The smallest absolute Gasteiger partial charge is 0.217 e. The summed E-state index contributed by atoms with van der Waals surface area (Å²) < 4.78 is 28.2. The molecule has 2 aliphatic rings. The predicted molar refractivity (Wildman–Crippen MR) is 99.1 cm³/mol. The van der Waals surface area contributed by atoms with E-state index >= 15 is 0 Å². The lowest BCUT2D eigenvalue weighted by Gasteiger charge is -2.34. The molecule has 140 valence electrons. The molecule has 0 amide bonds. The number of hydrogen-bond donors (Lipinski definition) is 0. The molecule has 2 aromatic heterocycles. The van der Waals surface area contributed by atoms with E-state index in [1.807, 2.05) is 37.6 Å². The lowest BCUT2D eigenvalue weighted by Crippen LogP contribution is -2.49. The minimum atomic E-state index is -3.10. The van der Waals surface area contributed by atoms with Gasteiger partial charge in [-0.25, -0.2) is 23.1 Å². The van der Waals surface area contributed by atoms with Crippen molar-refractivity contribution < 1.29 is 8.42 Å². The molecule has 2 fully saturated rings. The van der Waals surface area contributed by atoms with Crippen LogP contribution < -0.4 is 4.90 Å². The highest BCUT2D eigenvalue weighted by atomic mass is 32.2. The Kier molecular flexibility index (Phi) is 4.23. The Bertz CT molecular complexity index is 927. The van der Waals surface area contributed by atoms with Crippen molar-refractivity contribution in [1.82, 2.24) is 24.1 Å². The monoisotopic (exact) mass is 376 g/mol. The van der Waals surface area contributed by atoms with E-state index in [-0.39, 0.29) is 5.25 Å². The molecule has 2 aromatic rings. The summed E-state index contributed by atoms with van der Waals surface area (Å²) in [4.78, 5) is 11.2. The van der Waals surface area contributed by atoms with Gasteiger partial charge in [0.1, 0.15) is 11.6 Å². The summed E-state index contributed by atoms with van der Waals surface area (Å²) in [6.07, 6.45) is 1.61. The van der Waals surface area contributed by atoms with E-state index in [0.29, 0.717) is 32.0 Å². The third-order valence-electron chi connectivity index (χ3n) is 4.91. The van der Waals surface area contributed by atoms with Crippen LogP contribution in [0.25, 0.3) is 5.82 Å². The standard InChI is InChI=1S/C17H24N6O2S/c1-12-10-13(2)23(20-12)17-11-16(18-14(3)19-17)21-6-8-22(9-7-21)26(24,25)15-4-5-15/h10-11,15H,4-9H2,1-3H3. The molecule has 0 bridgehead atoms. The quantitative estimate of drug-likeness (QED) is 0.797. The van der Waals surface area contributed by atoms with E-state index in [2.05, 4.69) is 20.0 Å². The molecule has 0 N–H and O–H groups in total. The summed E-state index contributed by atoms with van der Waals surface area (Å²) >= 11 is 0. The lowest BCUT2D eigenvalue weighted by molar-refractivity contribution is 0.383. The number of aromatic nitrogens is 4. The fourth-order valence-electron chi connectivity index (χ4n) is 3.42. The number of anilines is 1. The van der Waals surface area contributed by atoms with Crippen LogP contribution in [0.3, 0.4) is 0 Å². The van der Waals surface area contributed by atoms with Gasteiger partial charge in [0, 0.05) is 37.9 Å². The number of piperazine rings is 1. The van der Waals surface area contributed by atoms with Gasteiger partial charge in [-0.1, -0.05) is 0 Å². The maximum atomic E-state index is 12.4. The molecule has 0 aromatic carbocycles. The Morgan fingerprint density at radius 3 is 2.19 bits per heavy atom. The van der Waals surface area contributed by atoms with Gasteiger partial charge in [0.2, 0.25) is 10.0 Å². The summed E-state index contributed by atoms with van der Waals surface area (Å²) in [6.45, 7) is 8.12. The average Bonchev–Trinajstić information content (AvgIpc) is 3.40. The molecule has 8 nitrogen and oxygen atoms in total. The Morgan fingerprint density at radius 2 is 1.62 bits per heavy atom. The molecular formula is C17H24N6O2S. The first kappa shape index (κ1) is 17.4. The molecule has 0 atom stereocenters. The fraction of sp³-hybridized carbons (Fsp3) is 0.588. The first-order valence-electron chi connectivity index (χ1n) is 8.98. The topological polar surface area (TPSA) is 84.2 Å². The van der Waals surface area contributed by atoms with Crippen LogP contribution in [0, 0.1) is 20.8 Å². The van der Waals surface area contributed by atoms with Gasteiger partial charge in [0.05, 0.1) is 10.9 Å². The fourth-order valence-corrected chi connectivity index (χ4v) is 5.24. The van der Waals surface area contributed by atoms with Crippen LogP contribution in [-0.2, 0) is 10.0 Å². The van der Waals surface area contributed by atoms with Gasteiger partial charge >= 0.3 is 0 Å². The molecular weight excluding hydrogens is 352 g/mol. The zero-order valence-corrected chi connectivity index (χ0v) is 16.2. The van der Waals surface area contributed by atoms with E-state index in [0.717, 1.165) is 35.9 Å². The number of nitrogens with zero attached hydrogens (tertiary/aromatic N) is 6. The van der Waals surface area contributed by atoms with Crippen LogP contribution in [0.15, 0.2) is 12.1 Å². The van der Waals surface area contributed by atoms with Crippen LogP contribution in [0.4, 0.5) is 5.82 Å². The third-order valence-corrected chi connectivity index (χ3v) is 7.30. The molecule has 0 unspecified atom stereocenters. The average molecular weight is 376 g/mol. The Morgan fingerprint density at radius 1 is 0.962 bits per heavy atom. The van der Waals surface area contributed by atoms with Crippen molar-refractivity contribution >= 4 is 15.8 Å². The highest BCUT2D eigenvalue weighted by Crippen LogP contribution is 2.31. The van der Waals surface area contributed by atoms with Crippen LogP contribution >= 0.6 is 0 Å². The lowest BCUT2D eigenvalue weighted by atomic mass is 10.3. The summed E-state index contributed by atoms with van der Waals surface area (Å²) in [5.74, 6) is 2.24. The summed E-state index contributed by atoms with van der Waals surface area (Å²) in [6, 6.07) is 3.94. The van der Waals surface area contributed by atoms with Crippen molar-refractivity contribution in [3.8, 4) is 5.82 Å². The molecule has 1 aliphatic heterocycles. The number of aryl methyl sites for hydroxylation is 3. The van der Waals surface area contributed by atoms with Crippen LogP contribution in [0.2, 0.25) is 0 Å². The second-order valence-corrected chi connectivity index (χ2v) is 9.31. The highest BCUT2D eigenvalue weighted by Gasteiger charge is 2.41. The SMILES string of the molecule is Cc1cc(C)n(-c2cc(N3CCN(S(=O)(=O)C4CC4)CC3)nc(C)n2)n1. The zero-order valence-electron chi connectivity index (χ0n) is 15.4. The molecule has 1 aliphatic carbocycles. The zero-order chi connectivity index (χ0) is 18.5. The van der Waals surface area contributed by atoms with Crippen molar-refractivity contribution in [2.45, 2.75) is 38.9 Å². The third kappa shape index (κ3) is 3.21. The summed E-state index contributed by atoms with van der Waals surface area (Å²) in [5.41, 5.74) is 1.96. The molecule has 9 heteroatoms. The summed E-state index contributed by atoms with van der Waals surface area (Å²) in [5, 5.41) is 4.35. The van der Waals surface area contributed by atoms with Crippen molar-refractivity contribution in [2.75, 3.05) is 31.1 Å². The van der Waals surface area contributed by atoms with E-state index in [1.54, 1.807) is 4.31 Å². The largest absolute Gasteiger partial charge is 0.354 e. The van der Waals surface area contributed by atoms with Crippen LogP contribution in [0.1, 0.15) is 30.1 Å². The van der Waals surface area contributed by atoms with Crippen molar-refractivity contribution in [2.24, 2.45) is 0 Å². The Labute approximate surface area is 153 Å². The van der Waals surface area contributed by atoms with E-state index in [1.165, 1.54) is 0 Å². The van der Waals surface area contributed by atoms with E-state index < -0.39 is 10.0 Å². The summed E-state index contributed by atoms with van der Waals surface area (Å²) in [7, 11) is -3.10. The second-order valence-electron chi connectivity index (χ2n) is 7.10. The van der Waals surface area contributed by atoms with Gasteiger partial charge in [0.25, 0.3) is 0 Å². The van der Waals surface area contributed by atoms with Gasteiger partial charge in [0.15, 0.2) is 5.82 Å². The van der Waals surface area contributed by atoms with Gasteiger partial charge < -0.3 is 4.90 Å². The molecule has 26 heavy (non-hydrogen) atoms. The van der Waals surface area contributed by atoms with Crippen molar-refractivity contribution in [3.05, 3.63) is 29.3 Å². The molecule has 3 heterocycles. The number of sulfonamides is 1. The second kappa shape index (κ2) is 6.31. The Hall–Kier alpha value is -2.00. The first-order valence-corrected chi connectivity index (χ1v) is 10.5. The number of rotatable bonds is 4. The van der Waals surface area contributed by atoms with Gasteiger partial charge in [-0.05, 0) is 39.7 Å². The van der Waals surface area contributed by atoms with Crippen molar-refractivity contribution in [1.29, 1.82) is 0 Å². The van der Waals surface area contributed by atoms with Gasteiger partial charge in [-0.2, -0.15) is 9.40 Å². The van der Waals surface area contributed by atoms with Gasteiger partial charge in [-0.3, -0.25) is 0 Å². The first-order chi connectivity index (χ1) is 12.3. The van der Waals surface area contributed by atoms with E-state index in [9.17, 15) is 8.42 Å². The molecule has 1 saturated carbocycles. The Balaban J connectivity index is 1.55. The highest BCUT2D eigenvalue weighted by molar-refractivity contribution is 7.90. The molecule has 1 saturated heterocycles. The minimum absolute atomic E-state index is 0.145.